The Morgan fingerprint density at radius 1 is 1.24 bits per heavy atom. The van der Waals surface area contributed by atoms with Gasteiger partial charge in [-0.15, -0.1) is 0 Å². The van der Waals surface area contributed by atoms with Gasteiger partial charge >= 0.3 is 0 Å². The molecular formula is C16H19N3O2. The molecule has 1 atom stereocenters. The summed E-state index contributed by atoms with van der Waals surface area (Å²) in [5.74, 6) is 3.42. The molecule has 21 heavy (non-hydrogen) atoms. The molecule has 0 amide bonds. The molecule has 110 valence electrons. The van der Waals surface area contributed by atoms with Gasteiger partial charge in [0.15, 0.2) is 11.5 Å². The van der Waals surface area contributed by atoms with Crippen LogP contribution in [0.4, 0.5) is 5.82 Å². The summed E-state index contributed by atoms with van der Waals surface area (Å²) in [7, 11) is 0. The molecule has 2 aliphatic rings. The number of nitrogens with two attached hydrogens (primary N) is 1. The van der Waals surface area contributed by atoms with Gasteiger partial charge < -0.3 is 19.8 Å². The highest BCUT2D eigenvalue weighted by Gasteiger charge is 2.24. The summed E-state index contributed by atoms with van der Waals surface area (Å²) in [5, 5.41) is 0. The number of benzene rings is 1. The van der Waals surface area contributed by atoms with E-state index in [9.17, 15) is 0 Å². The van der Waals surface area contributed by atoms with E-state index in [1.807, 2.05) is 18.2 Å². The second kappa shape index (κ2) is 4.69. The Labute approximate surface area is 123 Å². The molecule has 0 fully saturated rings. The molecule has 2 aromatic rings. The molecule has 3 heterocycles. The molecule has 0 aliphatic carbocycles. The average Bonchev–Trinajstić information content (AvgIpc) is 2.85. The molecule has 1 aromatic carbocycles. The van der Waals surface area contributed by atoms with Crippen LogP contribution in [0.1, 0.15) is 31.6 Å². The van der Waals surface area contributed by atoms with E-state index in [0.29, 0.717) is 19.3 Å². The minimum atomic E-state index is 0.423. The van der Waals surface area contributed by atoms with Crippen LogP contribution in [-0.4, -0.2) is 22.8 Å². The Bertz CT molecular complexity index is 693. The van der Waals surface area contributed by atoms with Gasteiger partial charge in [0, 0.05) is 18.0 Å². The summed E-state index contributed by atoms with van der Waals surface area (Å²) in [6, 6.07) is 6.34. The normalized spacial score (nSPS) is 20.1. The first kappa shape index (κ1) is 12.6. The SMILES string of the molecule is CC1CCCc2nc(-c3ccc4c(c3)OCCO4)c(N)n21. The Hall–Kier alpha value is -2.17. The van der Waals surface area contributed by atoms with Gasteiger partial charge in [-0.1, -0.05) is 0 Å². The molecule has 0 radical (unpaired) electrons. The van der Waals surface area contributed by atoms with E-state index in [-0.39, 0.29) is 0 Å². The standard InChI is InChI=1S/C16H19N3O2/c1-10-3-2-4-14-18-15(16(17)19(10)14)11-5-6-12-13(9-11)21-8-7-20-12/h5-6,9-10H,2-4,7-8,17H2,1H3. The highest BCUT2D eigenvalue weighted by atomic mass is 16.6. The van der Waals surface area contributed by atoms with E-state index >= 15 is 0 Å². The van der Waals surface area contributed by atoms with Crippen molar-refractivity contribution in [1.29, 1.82) is 0 Å². The lowest BCUT2D eigenvalue weighted by molar-refractivity contribution is 0.171. The summed E-state index contributed by atoms with van der Waals surface area (Å²) in [6.07, 6.45) is 3.34. The minimum Gasteiger partial charge on any atom is -0.486 e. The summed E-state index contributed by atoms with van der Waals surface area (Å²) in [4.78, 5) is 4.76. The second-order valence-electron chi connectivity index (χ2n) is 5.73. The molecule has 1 aromatic heterocycles. The van der Waals surface area contributed by atoms with Gasteiger partial charge in [0.25, 0.3) is 0 Å². The average molecular weight is 285 g/mol. The number of hydrogen-bond donors (Lipinski definition) is 1. The molecule has 5 heteroatoms. The van der Waals surface area contributed by atoms with Crippen molar-refractivity contribution >= 4 is 5.82 Å². The minimum absolute atomic E-state index is 0.423. The van der Waals surface area contributed by atoms with Crippen molar-refractivity contribution in [3.63, 3.8) is 0 Å². The Kier molecular flexibility index (Phi) is 2.80. The number of aromatic nitrogens is 2. The fraction of sp³-hybridized carbons (Fsp3) is 0.438. The molecule has 1 unspecified atom stereocenters. The largest absolute Gasteiger partial charge is 0.486 e. The van der Waals surface area contributed by atoms with Crippen LogP contribution in [0.5, 0.6) is 11.5 Å². The van der Waals surface area contributed by atoms with E-state index in [1.165, 1.54) is 6.42 Å². The van der Waals surface area contributed by atoms with Gasteiger partial charge in [-0.05, 0) is 38.0 Å². The Balaban J connectivity index is 1.80. The molecule has 0 bridgehead atoms. The number of fused-ring (bicyclic) bond motifs is 2. The summed E-state index contributed by atoms with van der Waals surface area (Å²) >= 11 is 0. The number of rotatable bonds is 1. The Morgan fingerprint density at radius 3 is 2.86 bits per heavy atom. The number of imidazole rings is 1. The lowest BCUT2D eigenvalue weighted by Gasteiger charge is -2.22. The smallest absolute Gasteiger partial charge is 0.162 e. The van der Waals surface area contributed by atoms with Crippen LogP contribution in [0, 0.1) is 0 Å². The number of ether oxygens (including phenoxy) is 2. The quantitative estimate of drug-likeness (QED) is 0.875. The highest BCUT2D eigenvalue weighted by Crippen LogP contribution is 2.38. The van der Waals surface area contributed by atoms with Crippen molar-refractivity contribution in [2.24, 2.45) is 0 Å². The van der Waals surface area contributed by atoms with Crippen molar-refractivity contribution in [2.75, 3.05) is 18.9 Å². The van der Waals surface area contributed by atoms with Gasteiger partial charge in [-0.25, -0.2) is 4.98 Å². The van der Waals surface area contributed by atoms with Crippen molar-refractivity contribution in [2.45, 2.75) is 32.2 Å². The van der Waals surface area contributed by atoms with Crippen LogP contribution in [0.3, 0.4) is 0 Å². The third-order valence-corrected chi connectivity index (χ3v) is 4.30. The van der Waals surface area contributed by atoms with Crippen LogP contribution < -0.4 is 15.2 Å². The lowest BCUT2D eigenvalue weighted by Crippen LogP contribution is -2.17. The molecular weight excluding hydrogens is 266 g/mol. The predicted octanol–water partition coefficient (Wildman–Crippen LogP) is 2.80. The fourth-order valence-electron chi connectivity index (χ4n) is 3.25. The van der Waals surface area contributed by atoms with Gasteiger partial charge in [0.2, 0.25) is 0 Å². The molecule has 0 saturated carbocycles. The Morgan fingerprint density at radius 2 is 2.05 bits per heavy atom. The summed E-state index contributed by atoms with van der Waals surface area (Å²) in [5.41, 5.74) is 8.20. The maximum Gasteiger partial charge on any atom is 0.162 e. The van der Waals surface area contributed by atoms with Gasteiger partial charge in [0.05, 0.1) is 0 Å². The highest BCUT2D eigenvalue weighted by molar-refractivity contribution is 5.73. The first-order valence-corrected chi connectivity index (χ1v) is 7.50. The molecule has 2 N–H and O–H groups in total. The summed E-state index contributed by atoms with van der Waals surface area (Å²) in [6.45, 7) is 3.39. The number of nitrogens with zero attached hydrogens (tertiary/aromatic N) is 2. The maximum absolute atomic E-state index is 6.35. The lowest BCUT2D eigenvalue weighted by atomic mass is 10.1. The second-order valence-corrected chi connectivity index (χ2v) is 5.73. The third kappa shape index (κ3) is 1.95. The van der Waals surface area contributed by atoms with Crippen molar-refractivity contribution in [1.82, 2.24) is 9.55 Å². The zero-order valence-electron chi connectivity index (χ0n) is 12.1. The van der Waals surface area contributed by atoms with Crippen LogP contribution in [-0.2, 0) is 6.42 Å². The maximum atomic E-state index is 6.35. The van der Waals surface area contributed by atoms with Crippen molar-refractivity contribution in [3.05, 3.63) is 24.0 Å². The predicted molar refractivity (Wildman–Crippen MR) is 80.7 cm³/mol. The number of aryl methyl sites for hydroxylation is 1. The van der Waals surface area contributed by atoms with Crippen LogP contribution >= 0.6 is 0 Å². The van der Waals surface area contributed by atoms with Crippen LogP contribution in [0.25, 0.3) is 11.3 Å². The van der Waals surface area contributed by atoms with E-state index in [0.717, 1.165) is 47.2 Å². The zero-order chi connectivity index (χ0) is 14.4. The molecule has 4 rings (SSSR count). The monoisotopic (exact) mass is 285 g/mol. The molecule has 0 spiro atoms. The number of anilines is 1. The van der Waals surface area contributed by atoms with E-state index in [2.05, 4.69) is 11.5 Å². The fourth-order valence-corrected chi connectivity index (χ4v) is 3.25. The molecule has 0 saturated heterocycles. The van der Waals surface area contributed by atoms with Crippen LogP contribution in [0.15, 0.2) is 18.2 Å². The first-order valence-electron chi connectivity index (χ1n) is 7.50. The van der Waals surface area contributed by atoms with E-state index in [1.54, 1.807) is 0 Å². The van der Waals surface area contributed by atoms with E-state index < -0.39 is 0 Å². The van der Waals surface area contributed by atoms with Gasteiger partial charge in [-0.2, -0.15) is 0 Å². The van der Waals surface area contributed by atoms with Gasteiger partial charge in [0.1, 0.15) is 30.5 Å². The van der Waals surface area contributed by atoms with E-state index in [4.69, 9.17) is 20.2 Å². The third-order valence-electron chi connectivity index (χ3n) is 4.30. The number of nitrogen functional groups attached to an aromatic ring is 1. The summed E-state index contributed by atoms with van der Waals surface area (Å²) < 4.78 is 13.4. The first-order chi connectivity index (χ1) is 10.2. The van der Waals surface area contributed by atoms with Crippen molar-refractivity contribution < 1.29 is 9.47 Å². The zero-order valence-corrected chi connectivity index (χ0v) is 12.1. The molecule has 5 nitrogen and oxygen atoms in total. The van der Waals surface area contributed by atoms with Gasteiger partial charge in [-0.3, -0.25) is 0 Å². The molecule has 2 aliphatic heterocycles. The topological polar surface area (TPSA) is 62.3 Å². The van der Waals surface area contributed by atoms with Crippen molar-refractivity contribution in [3.8, 4) is 22.8 Å². The van der Waals surface area contributed by atoms with Crippen LogP contribution in [0.2, 0.25) is 0 Å². The number of hydrogen-bond acceptors (Lipinski definition) is 4.